The molecule has 2 atom stereocenters. The molecule has 4 rings (SSSR count). The minimum atomic E-state index is -4.42. The molecule has 3 aromatic rings. The summed E-state index contributed by atoms with van der Waals surface area (Å²) in [5.74, 6) is -0.338. The number of nitriles is 1. The van der Waals surface area contributed by atoms with Crippen molar-refractivity contribution in [3.8, 4) is 17.2 Å². The average Bonchev–Trinajstić information content (AvgIpc) is 3.11. The van der Waals surface area contributed by atoms with Crippen molar-refractivity contribution >= 4 is 22.0 Å². The molecule has 0 aliphatic carbocycles. The molecule has 1 aliphatic rings. The summed E-state index contributed by atoms with van der Waals surface area (Å²) in [5, 5.41) is 7.99. The maximum atomic E-state index is 13.6. The van der Waals surface area contributed by atoms with Crippen molar-refractivity contribution in [2.75, 3.05) is 20.8 Å². The lowest BCUT2D eigenvalue weighted by molar-refractivity contribution is -0.129. The number of guanidine groups is 1. The lowest BCUT2D eigenvalue weighted by Crippen LogP contribution is -2.41. The van der Waals surface area contributed by atoms with E-state index in [1.54, 1.807) is 42.5 Å². The lowest BCUT2D eigenvalue weighted by atomic mass is 9.81. The fraction of sp³-hybridized carbons (Fsp3) is 0.192. The highest BCUT2D eigenvalue weighted by atomic mass is 32.2. The third kappa shape index (κ3) is 4.35. The van der Waals surface area contributed by atoms with Crippen LogP contribution < -0.4 is 5.73 Å². The van der Waals surface area contributed by atoms with Gasteiger partial charge >= 0.3 is 0 Å². The van der Waals surface area contributed by atoms with Crippen LogP contribution in [0.5, 0.6) is 0 Å². The summed E-state index contributed by atoms with van der Waals surface area (Å²) < 4.78 is 38.3. The fourth-order valence-electron chi connectivity index (χ4n) is 4.32. The van der Waals surface area contributed by atoms with Crippen LogP contribution in [0.4, 0.5) is 0 Å². The van der Waals surface area contributed by atoms with E-state index in [-0.39, 0.29) is 18.5 Å². The Hall–Kier alpha value is -4.04. The second-order valence-corrected chi connectivity index (χ2v) is 10.00. The zero-order chi connectivity index (χ0) is 26.1. The quantitative estimate of drug-likeness (QED) is 0.470. The topological polar surface area (TPSA) is 146 Å². The molecule has 3 N–H and O–H groups in total. The summed E-state index contributed by atoms with van der Waals surface area (Å²) in [5.41, 5.74) is 7.98. The van der Waals surface area contributed by atoms with Gasteiger partial charge in [0.1, 0.15) is 5.25 Å². The molecular weight excluding hydrogens is 480 g/mol. The Morgan fingerprint density at radius 2 is 1.72 bits per heavy atom. The fourth-order valence-corrected chi connectivity index (χ4v) is 5.13. The van der Waals surface area contributed by atoms with Gasteiger partial charge in [-0.2, -0.15) is 13.7 Å². The Balaban J connectivity index is 1.86. The largest absolute Gasteiger partial charge is 0.383 e. The number of hydrogen-bond donors (Lipinski definition) is 2. The minimum Gasteiger partial charge on any atom is -0.383 e. The number of hydrogen-bond acceptors (Lipinski definition) is 7. The molecule has 0 saturated heterocycles. The number of carbonyl (C=O) groups excluding carboxylic acids is 1. The van der Waals surface area contributed by atoms with Gasteiger partial charge in [0.25, 0.3) is 16.0 Å². The SMILES string of the molecule is COCC(c1ccc(C2(c3cccc(-c4cccc(C#N)c4)c3)N=C(N)N(C)C2=O)cc1)S(=O)(=O)O. The van der Waals surface area contributed by atoms with Gasteiger partial charge in [-0.25, -0.2) is 4.99 Å². The Bertz CT molecular complexity index is 1500. The normalized spacial score (nSPS) is 18.6. The molecule has 0 saturated carbocycles. The number of rotatable bonds is 7. The second kappa shape index (κ2) is 9.54. The van der Waals surface area contributed by atoms with Crippen molar-refractivity contribution in [2.24, 2.45) is 10.7 Å². The zero-order valence-electron chi connectivity index (χ0n) is 19.6. The summed E-state index contributed by atoms with van der Waals surface area (Å²) in [6.07, 6.45) is 0. The summed E-state index contributed by atoms with van der Waals surface area (Å²) in [6.45, 7) is -0.236. The predicted molar refractivity (Wildman–Crippen MR) is 134 cm³/mol. The molecule has 1 heterocycles. The van der Waals surface area contributed by atoms with Crippen LogP contribution in [-0.2, 0) is 25.2 Å². The molecule has 36 heavy (non-hydrogen) atoms. The molecule has 0 aromatic heterocycles. The van der Waals surface area contributed by atoms with Gasteiger partial charge in [0.15, 0.2) is 11.5 Å². The van der Waals surface area contributed by atoms with E-state index >= 15 is 0 Å². The zero-order valence-corrected chi connectivity index (χ0v) is 20.4. The molecule has 3 aromatic carbocycles. The van der Waals surface area contributed by atoms with Crippen molar-refractivity contribution in [3.63, 3.8) is 0 Å². The van der Waals surface area contributed by atoms with Crippen molar-refractivity contribution in [1.29, 1.82) is 5.26 Å². The third-order valence-electron chi connectivity index (χ3n) is 6.22. The highest BCUT2D eigenvalue weighted by Gasteiger charge is 2.49. The molecule has 9 nitrogen and oxygen atoms in total. The maximum absolute atomic E-state index is 13.6. The molecule has 0 radical (unpaired) electrons. The summed E-state index contributed by atoms with van der Waals surface area (Å²) in [6, 6.07) is 22.7. The van der Waals surface area contributed by atoms with Crippen LogP contribution in [0.2, 0.25) is 0 Å². The molecule has 0 bridgehead atoms. The summed E-state index contributed by atoms with van der Waals surface area (Å²) >= 11 is 0. The van der Waals surface area contributed by atoms with Crippen LogP contribution in [0.15, 0.2) is 77.8 Å². The van der Waals surface area contributed by atoms with E-state index in [0.29, 0.717) is 22.3 Å². The first-order valence-electron chi connectivity index (χ1n) is 10.9. The molecule has 0 fully saturated rings. The lowest BCUT2D eigenvalue weighted by Gasteiger charge is -2.27. The molecule has 2 unspecified atom stereocenters. The number of carbonyl (C=O) groups is 1. The van der Waals surface area contributed by atoms with Crippen LogP contribution in [0.25, 0.3) is 11.1 Å². The number of methoxy groups -OCH3 is 1. The van der Waals surface area contributed by atoms with E-state index in [9.17, 15) is 23.0 Å². The average molecular weight is 505 g/mol. The number of benzene rings is 3. The first-order valence-corrected chi connectivity index (χ1v) is 12.4. The Kier molecular flexibility index (Phi) is 6.65. The molecule has 184 valence electrons. The van der Waals surface area contributed by atoms with E-state index in [1.165, 1.54) is 31.2 Å². The smallest absolute Gasteiger partial charge is 0.274 e. The van der Waals surface area contributed by atoms with Gasteiger partial charge in [-0.3, -0.25) is 14.2 Å². The van der Waals surface area contributed by atoms with E-state index in [4.69, 9.17) is 10.5 Å². The minimum absolute atomic E-state index is 0.0381. The van der Waals surface area contributed by atoms with E-state index in [2.05, 4.69) is 11.1 Å². The first-order chi connectivity index (χ1) is 17.1. The van der Waals surface area contributed by atoms with Gasteiger partial charge in [0, 0.05) is 14.2 Å². The van der Waals surface area contributed by atoms with Crippen molar-refractivity contribution < 1.29 is 22.5 Å². The van der Waals surface area contributed by atoms with Crippen molar-refractivity contribution in [1.82, 2.24) is 4.90 Å². The number of ether oxygens (including phenoxy) is 1. The second-order valence-electron chi connectivity index (χ2n) is 8.40. The van der Waals surface area contributed by atoms with E-state index in [1.807, 2.05) is 18.2 Å². The van der Waals surface area contributed by atoms with Crippen LogP contribution in [0, 0.1) is 11.3 Å². The van der Waals surface area contributed by atoms with Crippen LogP contribution in [-0.4, -0.2) is 50.5 Å². The Labute approximate surface area is 209 Å². The first kappa shape index (κ1) is 25.1. The maximum Gasteiger partial charge on any atom is 0.274 e. The highest BCUT2D eigenvalue weighted by molar-refractivity contribution is 7.86. The number of amides is 1. The molecular formula is C26H24N4O5S. The number of nitrogens with zero attached hydrogens (tertiary/aromatic N) is 3. The van der Waals surface area contributed by atoms with Crippen LogP contribution in [0.1, 0.15) is 27.5 Å². The van der Waals surface area contributed by atoms with E-state index in [0.717, 1.165) is 11.1 Å². The van der Waals surface area contributed by atoms with Gasteiger partial charge in [-0.15, -0.1) is 0 Å². The molecule has 1 aliphatic heterocycles. The molecule has 1 amide bonds. The van der Waals surface area contributed by atoms with E-state index < -0.39 is 20.9 Å². The van der Waals surface area contributed by atoms with Gasteiger partial charge < -0.3 is 10.5 Å². The molecule has 10 heteroatoms. The summed E-state index contributed by atoms with van der Waals surface area (Å²) in [7, 11) is -1.55. The Morgan fingerprint density at radius 3 is 2.28 bits per heavy atom. The molecule has 0 spiro atoms. The standard InChI is InChI=1S/C26H24N4O5S/c1-30-24(31)26(29-25(30)28,21-11-9-18(10-12-21)23(16-35-2)36(32,33)34)22-8-4-7-20(14-22)19-6-3-5-17(13-19)15-27/h3-14,23H,16H2,1-2H3,(H2,28,29)(H,32,33,34). The van der Waals surface area contributed by atoms with Crippen LogP contribution in [0.3, 0.4) is 0 Å². The Morgan fingerprint density at radius 1 is 1.08 bits per heavy atom. The van der Waals surface area contributed by atoms with Crippen molar-refractivity contribution in [3.05, 3.63) is 95.1 Å². The van der Waals surface area contributed by atoms with Gasteiger partial charge in [0.05, 0.1) is 18.2 Å². The highest BCUT2D eigenvalue weighted by Crippen LogP contribution is 2.41. The van der Waals surface area contributed by atoms with Crippen LogP contribution >= 0.6 is 0 Å². The van der Waals surface area contributed by atoms with Gasteiger partial charge in [0.2, 0.25) is 0 Å². The number of nitrogens with two attached hydrogens (primary N) is 1. The third-order valence-corrected chi connectivity index (χ3v) is 7.35. The number of likely N-dealkylation sites (N-methyl/N-ethyl adjacent to an activating group) is 1. The van der Waals surface area contributed by atoms with Gasteiger partial charge in [-0.05, 0) is 46.0 Å². The van der Waals surface area contributed by atoms with Gasteiger partial charge in [-0.1, -0.05) is 54.6 Å². The monoisotopic (exact) mass is 504 g/mol. The summed E-state index contributed by atoms with van der Waals surface area (Å²) in [4.78, 5) is 19.4. The number of aliphatic imine (C=N–C) groups is 1. The predicted octanol–water partition coefficient (Wildman–Crippen LogP) is 2.83. The van der Waals surface area contributed by atoms with Crippen molar-refractivity contribution in [2.45, 2.75) is 10.8 Å².